The topological polar surface area (TPSA) is 22.1 Å². The molecule has 2 nitrogen and oxygen atoms in total. The van der Waals surface area contributed by atoms with E-state index in [0.717, 1.165) is 12.1 Å². The maximum Gasteiger partial charge on any atom is 0.230 e. The van der Waals surface area contributed by atoms with Gasteiger partial charge in [-0.25, -0.2) is 0 Å². The highest BCUT2D eigenvalue weighted by Gasteiger charge is 2.51. The summed E-state index contributed by atoms with van der Waals surface area (Å²) in [5.74, 6) is 0. The minimum atomic E-state index is -2.23. The molecule has 0 fully saturated rings. The van der Waals surface area contributed by atoms with Crippen molar-refractivity contribution in [1.82, 2.24) is 4.98 Å². The number of nitrogens with zero attached hydrogens (tertiary/aromatic N) is 1. The SMILES string of the molecule is CC(C)(C)[Si]1(O[C@H](Cc2ccccn2)c2ccccc2)CCCc2ccccc21. The number of fused-ring (bicyclic) bond motifs is 1. The van der Waals surface area contributed by atoms with Gasteiger partial charge < -0.3 is 4.43 Å². The zero-order chi connectivity index (χ0) is 20.3. The normalized spacial score (nSPS) is 20.1. The molecule has 0 amide bonds. The molecule has 3 aromatic rings. The Kier molecular flexibility index (Phi) is 5.71. The summed E-state index contributed by atoms with van der Waals surface area (Å²) in [6.45, 7) is 7.14. The second-order valence-corrected chi connectivity index (χ2v) is 13.6. The lowest BCUT2D eigenvalue weighted by Crippen LogP contribution is -2.61. The first kappa shape index (κ1) is 20.1. The Hall–Kier alpha value is -2.23. The molecule has 1 aromatic heterocycles. The Morgan fingerprint density at radius 3 is 2.38 bits per heavy atom. The Labute approximate surface area is 176 Å². The molecule has 0 bridgehead atoms. The van der Waals surface area contributed by atoms with Crippen molar-refractivity contribution >= 4 is 13.5 Å². The molecule has 4 rings (SSSR count). The van der Waals surface area contributed by atoms with Gasteiger partial charge in [-0.3, -0.25) is 4.98 Å². The lowest BCUT2D eigenvalue weighted by molar-refractivity contribution is 0.181. The summed E-state index contributed by atoms with van der Waals surface area (Å²) in [7, 11) is -2.23. The van der Waals surface area contributed by atoms with Crippen molar-refractivity contribution in [3.8, 4) is 0 Å². The first-order chi connectivity index (χ1) is 14.0. The van der Waals surface area contributed by atoms with E-state index >= 15 is 0 Å². The molecule has 150 valence electrons. The first-order valence-electron chi connectivity index (χ1n) is 10.7. The summed E-state index contributed by atoms with van der Waals surface area (Å²) >= 11 is 0. The van der Waals surface area contributed by atoms with E-state index in [1.54, 1.807) is 0 Å². The van der Waals surface area contributed by atoms with Crippen LogP contribution in [0.15, 0.2) is 79.0 Å². The largest absolute Gasteiger partial charge is 0.405 e. The number of aromatic nitrogens is 1. The minimum absolute atomic E-state index is 0.0168. The maximum absolute atomic E-state index is 7.36. The van der Waals surface area contributed by atoms with Crippen molar-refractivity contribution in [2.45, 2.75) is 57.2 Å². The van der Waals surface area contributed by atoms with Crippen molar-refractivity contribution in [2.75, 3.05) is 0 Å². The Balaban J connectivity index is 1.78. The zero-order valence-electron chi connectivity index (χ0n) is 17.8. The summed E-state index contributed by atoms with van der Waals surface area (Å²) < 4.78 is 7.36. The maximum atomic E-state index is 7.36. The standard InChI is InChI=1S/C26H31NOSi/c1-26(2,3)29(19-11-15-22-14-7-8-17-25(22)29)28-24(21-12-5-4-6-13-21)20-23-16-9-10-18-27-23/h4-10,12-14,16-18,24H,11,15,19-20H2,1-3H3/t24-,29?/m1/s1. The molecule has 0 radical (unpaired) electrons. The van der Waals surface area contributed by atoms with E-state index in [1.807, 2.05) is 12.3 Å². The third-order valence-electron chi connectivity index (χ3n) is 6.27. The Bertz CT molecular complexity index is 936. The van der Waals surface area contributed by atoms with Crippen LogP contribution in [0.3, 0.4) is 0 Å². The van der Waals surface area contributed by atoms with Crippen LogP contribution in [0, 0.1) is 0 Å². The van der Waals surface area contributed by atoms with Crippen LogP contribution >= 0.6 is 0 Å². The fourth-order valence-corrected chi connectivity index (χ4v) is 9.62. The third-order valence-corrected chi connectivity index (χ3v) is 11.8. The minimum Gasteiger partial charge on any atom is -0.405 e. The van der Waals surface area contributed by atoms with Crippen molar-refractivity contribution < 1.29 is 4.43 Å². The van der Waals surface area contributed by atoms with Crippen LogP contribution < -0.4 is 5.19 Å². The molecule has 1 unspecified atom stereocenters. The fourth-order valence-electron chi connectivity index (χ4n) is 4.72. The van der Waals surface area contributed by atoms with Gasteiger partial charge in [0.1, 0.15) is 0 Å². The van der Waals surface area contributed by atoms with Crippen LogP contribution in [-0.2, 0) is 17.3 Å². The van der Waals surface area contributed by atoms with E-state index < -0.39 is 8.32 Å². The molecule has 3 heteroatoms. The molecule has 1 aliphatic heterocycles. The molecular weight excluding hydrogens is 370 g/mol. The highest BCUT2D eigenvalue weighted by Crippen LogP contribution is 2.45. The number of benzene rings is 2. The van der Waals surface area contributed by atoms with Crippen molar-refractivity contribution in [3.05, 3.63) is 95.8 Å². The van der Waals surface area contributed by atoms with Gasteiger partial charge >= 0.3 is 0 Å². The second kappa shape index (κ2) is 8.25. The Morgan fingerprint density at radius 2 is 1.66 bits per heavy atom. The van der Waals surface area contributed by atoms with Gasteiger partial charge in [0.25, 0.3) is 0 Å². The molecule has 0 aliphatic carbocycles. The van der Waals surface area contributed by atoms with Crippen LogP contribution in [0.25, 0.3) is 0 Å². The van der Waals surface area contributed by atoms with Crippen molar-refractivity contribution in [1.29, 1.82) is 0 Å². The van der Waals surface area contributed by atoms with E-state index in [1.165, 1.54) is 35.2 Å². The predicted molar refractivity (Wildman–Crippen MR) is 123 cm³/mol. The second-order valence-electron chi connectivity index (χ2n) is 9.13. The van der Waals surface area contributed by atoms with Gasteiger partial charge in [0.05, 0.1) is 6.10 Å². The van der Waals surface area contributed by atoms with E-state index in [-0.39, 0.29) is 11.1 Å². The van der Waals surface area contributed by atoms with Crippen LogP contribution in [-0.4, -0.2) is 13.3 Å². The quantitative estimate of drug-likeness (QED) is 0.491. The number of aryl methyl sites for hydroxylation is 1. The lowest BCUT2D eigenvalue weighted by atomic mass is 10.0. The molecule has 2 aromatic carbocycles. The van der Waals surface area contributed by atoms with E-state index in [2.05, 4.69) is 92.5 Å². The van der Waals surface area contributed by atoms with Gasteiger partial charge in [-0.15, -0.1) is 0 Å². The van der Waals surface area contributed by atoms with Crippen molar-refractivity contribution in [2.24, 2.45) is 0 Å². The number of hydrogen-bond acceptors (Lipinski definition) is 2. The molecule has 0 saturated carbocycles. The predicted octanol–water partition coefficient (Wildman–Crippen LogP) is 5.98. The molecule has 0 N–H and O–H groups in total. The molecule has 0 saturated heterocycles. The number of pyridine rings is 1. The fraction of sp³-hybridized carbons (Fsp3) is 0.346. The molecule has 29 heavy (non-hydrogen) atoms. The molecule has 1 aliphatic rings. The molecule has 2 atom stereocenters. The van der Waals surface area contributed by atoms with Gasteiger partial charge in [-0.05, 0) is 52.4 Å². The van der Waals surface area contributed by atoms with Crippen LogP contribution in [0.4, 0.5) is 0 Å². The van der Waals surface area contributed by atoms with Crippen LogP contribution in [0.1, 0.15) is 50.1 Å². The van der Waals surface area contributed by atoms with Gasteiger partial charge in [-0.2, -0.15) is 0 Å². The average Bonchev–Trinajstić information content (AvgIpc) is 2.74. The van der Waals surface area contributed by atoms with E-state index in [9.17, 15) is 0 Å². The summed E-state index contributed by atoms with van der Waals surface area (Å²) in [6.07, 6.45) is 5.08. The van der Waals surface area contributed by atoms with E-state index in [4.69, 9.17) is 4.43 Å². The Morgan fingerprint density at radius 1 is 0.931 bits per heavy atom. The highest BCUT2D eigenvalue weighted by atomic mass is 28.4. The van der Waals surface area contributed by atoms with Crippen LogP contribution in [0.2, 0.25) is 11.1 Å². The molecule has 2 heterocycles. The van der Waals surface area contributed by atoms with E-state index in [0.29, 0.717) is 0 Å². The third kappa shape index (κ3) is 4.07. The summed E-state index contributed by atoms with van der Waals surface area (Å²) in [6, 6.07) is 27.1. The summed E-state index contributed by atoms with van der Waals surface area (Å²) in [5.41, 5.74) is 3.82. The number of rotatable bonds is 5. The molecule has 0 spiro atoms. The monoisotopic (exact) mass is 401 g/mol. The first-order valence-corrected chi connectivity index (χ1v) is 12.8. The summed E-state index contributed by atoms with van der Waals surface area (Å²) in [5, 5.41) is 1.61. The zero-order valence-corrected chi connectivity index (χ0v) is 18.8. The lowest BCUT2D eigenvalue weighted by Gasteiger charge is -2.48. The van der Waals surface area contributed by atoms with Gasteiger partial charge in [0.15, 0.2) is 0 Å². The van der Waals surface area contributed by atoms with Gasteiger partial charge in [0, 0.05) is 18.3 Å². The summed E-state index contributed by atoms with van der Waals surface area (Å²) in [4.78, 5) is 4.60. The molecular formula is C26H31NOSi. The van der Waals surface area contributed by atoms with Gasteiger partial charge in [-0.1, -0.05) is 81.4 Å². The van der Waals surface area contributed by atoms with Crippen molar-refractivity contribution in [3.63, 3.8) is 0 Å². The highest BCUT2D eigenvalue weighted by molar-refractivity contribution is 6.89. The van der Waals surface area contributed by atoms with Gasteiger partial charge in [0.2, 0.25) is 8.32 Å². The van der Waals surface area contributed by atoms with Crippen LogP contribution in [0.5, 0.6) is 0 Å². The number of hydrogen-bond donors (Lipinski definition) is 0. The average molecular weight is 402 g/mol. The smallest absolute Gasteiger partial charge is 0.230 e.